The first-order chi connectivity index (χ1) is 11.7. The molecule has 0 saturated heterocycles. The number of rotatable bonds is 5. The summed E-state index contributed by atoms with van der Waals surface area (Å²) >= 11 is 0. The molecule has 5 heteroatoms. The minimum absolute atomic E-state index is 0.178. The van der Waals surface area contributed by atoms with E-state index in [-0.39, 0.29) is 11.7 Å². The number of para-hydroxylation sites is 1. The lowest BCUT2D eigenvalue weighted by Gasteiger charge is -2.11. The molecule has 0 unspecified atom stereocenters. The molecule has 1 heterocycles. The normalized spacial score (nSPS) is 10.6. The van der Waals surface area contributed by atoms with Crippen molar-refractivity contribution in [2.45, 2.75) is 20.3 Å². The van der Waals surface area contributed by atoms with Crippen molar-refractivity contribution in [3.63, 3.8) is 0 Å². The van der Waals surface area contributed by atoms with Crippen molar-refractivity contribution in [3.8, 4) is 0 Å². The fourth-order valence-corrected chi connectivity index (χ4v) is 2.36. The molecule has 2 N–H and O–H groups in total. The molecule has 1 amide bonds. The monoisotopic (exact) mass is 320 g/mol. The highest BCUT2D eigenvalue weighted by molar-refractivity contribution is 5.97. The Bertz CT molecular complexity index is 859. The van der Waals surface area contributed by atoms with E-state index in [2.05, 4.69) is 20.6 Å². The Kier molecular flexibility index (Phi) is 4.70. The lowest BCUT2D eigenvalue weighted by molar-refractivity contribution is 0.0944. The molecule has 0 radical (unpaired) electrons. The third kappa shape index (κ3) is 3.51. The van der Waals surface area contributed by atoms with E-state index in [1.807, 2.05) is 62.4 Å². The van der Waals surface area contributed by atoms with E-state index in [9.17, 15) is 4.79 Å². The molecule has 3 rings (SSSR count). The number of nitrogens with zero attached hydrogens (tertiary/aromatic N) is 2. The molecule has 5 nitrogen and oxygen atoms in total. The van der Waals surface area contributed by atoms with Crippen molar-refractivity contribution < 1.29 is 4.79 Å². The fourth-order valence-electron chi connectivity index (χ4n) is 2.36. The van der Waals surface area contributed by atoms with Crippen LogP contribution >= 0.6 is 0 Å². The number of fused-ring (bicyclic) bond motifs is 1. The Morgan fingerprint density at radius 2 is 1.79 bits per heavy atom. The molecule has 2 aromatic carbocycles. The Hall–Kier alpha value is -2.95. The number of hydrogen-bond acceptors (Lipinski definition) is 4. The third-order valence-electron chi connectivity index (χ3n) is 3.66. The average Bonchev–Trinajstić information content (AvgIpc) is 2.61. The topological polar surface area (TPSA) is 66.9 Å². The molecule has 24 heavy (non-hydrogen) atoms. The number of anilines is 2. The number of carbonyl (C=O) groups excluding carboxylic acids is 1. The van der Waals surface area contributed by atoms with E-state index in [0.29, 0.717) is 12.4 Å². The van der Waals surface area contributed by atoms with Gasteiger partial charge in [-0.15, -0.1) is 0 Å². The number of aromatic nitrogens is 2. The smallest absolute Gasteiger partial charge is 0.289 e. The number of aryl methyl sites for hydroxylation is 1. The summed E-state index contributed by atoms with van der Waals surface area (Å²) in [5.41, 5.74) is 2.85. The maximum absolute atomic E-state index is 12.2. The van der Waals surface area contributed by atoms with Gasteiger partial charge in [-0.1, -0.05) is 36.8 Å². The highest BCUT2D eigenvalue weighted by Gasteiger charge is 2.13. The van der Waals surface area contributed by atoms with Crippen LogP contribution in [0.2, 0.25) is 0 Å². The molecule has 0 atom stereocenters. The Labute approximate surface area is 141 Å². The summed E-state index contributed by atoms with van der Waals surface area (Å²) in [4.78, 5) is 21.1. The molecule has 0 spiro atoms. The van der Waals surface area contributed by atoms with Crippen molar-refractivity contribution >= 4 is 28.3 Å². The van der Waals surface area contributed by atoms with Crippen molar-refractivity contribution in [2.24, 2.45) is 0 Å². The van der Waals surface area contributed by atoms with Crippen LogP contribution in [0.3, 0.4) is 0 Å². The molecule has 0 aliphatic carbocycles. The summed E-state index contributed by atoms with van der Waals surface area (Å²) < 4.78 is 0. The van der Waals surface area contributed by atoms with E-state index < -0.39 is 0 Å². The summed E-state index contributed by atoms with van der Waals surface area (Å²) in [6.07, 6.45) is 0.869. The SMILES string of the molecule is CCCNC(=O)c1nc(Nc2ccc(C)cc2)c2ccccc2n1. The van der Waals surface area contributed by atoms with Crippen molar-refractivity contribution in [3.05, 3.63) is 59.9 Å². The molecule has 3 aromatic rings. The molecule has 122 valence electrons. The zero-order chi connectivity index (χ0) is 16.9. The number of hydrogen-bond donors (Lipinski definition) is 2. The van der Waals surface area contributed by atoms with E-state index in [1.165, 1.54) is 5.56 Å². The molecule has 0 aliphatic heterocycles. The second-order valence-corrected chi connectivity index (χ2v) is 5.66. The predicted molar refractivity (Wildman–Crippen MR) is 96.6 cm³/mol. The maximum atomic E-state index is 12.2. The number of nitrogens with one attached hydrogen (secondary N) is 2. The minimum atomic E-state index is -0.255. The largest absolute Gasteiger partial charge is 0.349 e. The Morgan fingerprint density at radius 3 is 2.54 bits per heavy atom. The number of carbonyl (C=O) groups is 1. The van der Waals surface area contributed by atoms with Gasteiger partial charge in [0.2, 0.25) is 5.82 Å². The molecular weight excluding hydrogens is 300 g/mol. The number of benzene rings is 2. The van der Waals surface area contributed by atoms with Gasteiger partial charge in [-0.05, 0) is 37.6 Å². The van der Waals surface area contributed by atoms with Crippen LogP contribution in [0.1, 0.15) is 29.5 Å². The molecule has 0 aliphatic rings. The lowest BCUT2D eigenvalue weighted by atomic mass is 10.2. The predicted octanol–water partition coefficient (Wildman–Crippen LogP) is 3.82. The fraction of sp³-hybridized carbons (Fsp3) is 0.211. The van der Waals surface area contributed by atoms with E-state index in [1.54, 1.807) is 0 Å². The van der Waals surface area contributed by atoms with Gasteiger partial charge in [-0.25, -0.2) is 9.97 Å². The summed E-state index contributed by atoms with van der Waals surface area (Å²) in [7, 11) is 0. The summed E-state index contributed by atoms with van der Waals surface area (Å²) in [5, 5.41) is 6.99. The van der Waals surface area contributed by atoms with Crippen LogP contribution in [0, 0.1) is 6.92 Å². The van der Waals surface area contributed by atoms with Crippen molar-refractivity contribution in [2.75, 3.05) is 11.9 Å². The molecular formula is C19H20N4O. The molecule has 0 fully saturated rings. The van der Waals surface area contributed by atoms with Crippen LogP contribution in [0.5, 0.6) is 0 Å². The van der Waals surface area contributed by atoms with Crippen LogP contribution in [-0.4, -0.2) is 22.4 Å². The van der Waals surface area contributed by atoms with Gasteiger partial charge in [0.05, 0.1) is 5.52 Å². The molecule has 0 bridgehead atoms. The van der Waals surface area contributed by atoms with Crippen LogP contribution in [-0.2, 0) is 0 Å². The average molecular weight is 320 g/mol. The van der Waals surface area contributed by atoms with Gasteiger partial charge < -0.3 is 10.6 Å². The van der Waals surface area contributed by atoms with Crippen LogP contribution in [0.25, 0.3) is 10.9 Å². The minimum Gasteiger partial charge on any atom is -0.349 e. The first-order valence-electron chi connectivity index (χ1n) is 8.06. The highest BCUT2D eigenvalue weighted by Crippen LogP contribution is 2.24. The zero-order valence-corrected chi connectivity index (χ0v) is 13.8. The van der Waals surface area contributed by atoms with E-state index in [4.69, 9.17) is 0 Å². The van der Waals surface area contributed by atoms with Crippen molar-refractivity contribution in [1.82, 2.24) is 15.3 Å². The summed E-state index contributed by atoms with van der Waals surface area (Å²) in [6, 6.07) is 15.7. The van der Waals surface area contributed by atoms with Gasteiger partial charge in [0.15, 0.2) is 0 Å². The molecule has 1 aromatic heterocycles. The van der Waals surface area contributed by atoms with Gasteiger partial charge in [-0.3, -0.25) is 4.79 Å². The van der Waals surface area contributed by atoms with Gasteiger partial charge in [0, 0.05) is 17.6 Å². The lowest BCUT2D eigenvalue weighted by Crippen LogP contribution is -2.26. The Balaban J connectivity index is 2.00. The third-order valence-corrected chi connectivity index (χ3v) is 3.66. The molecule has 0 saturated carbocycles. The second-order valence-electron chi connectivity index (χ2n) is 5.66. The summed E-state index contributed by atoms with van der Waals surface area (Å²) in [6.45, 7) is 4.65. The van der Waals surface area contributed by atoms with Crippen molar-refractivity contribution in [1.29, 1.82) is 0 Å². The summed E-state index contributed by atoms with van der Waals surface area (Å²) in [5.74, 6) is 0.553. The van der Waals surface area contributed by atoms with Gasteiger partial charge in [0.25, 0.3) is 5.91 Å². The number of amides is 1. The van der Waals surface area contributed by atoms with Crippen LogP contribution in [0.4, 0.5) is 11.5 Å². The highest BCUT2D eigenvalue weighted by atomic mass is 16.2. The van der Waals surface area contributed by atoms with E-state index in [0.717, 1.165) is 23.0 Å². The zero-order valence-electron chi connectivity index (χ0n) is 13.8. The van der Waals surface area contributed by atoms with Crippen LogP contribution < -0.4 is 10.6 Å². The van der Waals surface area contributed by atoms with Gasteiger partial charge >= 0.3 is 0 Å². The Morgan fingerprint density at radius 1 is 1.04 bits per heavy atom. The first-order valence-corrected chi connectivity index (χ1v) is 8.06. The quantitative estimate of drug-likeness (QED) is 0.750. The standard InChI is InChI=1S/C19H20N4O/c1-3-12-20-19(24)18-22-16-7-5-4-6-15(16)17(23-18)21-14-10-8-13(2)9-11-14/h4-11H,3,12H2,1-2H3,(H,20,24)(H,21,22,23). The van der Waals surface area contributed by atoms with Gasteiger partial charge in [-0.2, -0.15) is 0 Å². The first kappa shape index (κ1) is 15.9. The maximum Gasteiger partial charge on any atom is 0.289 e. The van der Waals surface area contributed by atoms with Crippen LogP contribution in [0.15, 0.2) is 48.5 Å². The van der Waals surface area contributed by atoms with Gasteiger partial charge in [0.1, 0.15) is 5.82 Å². The van der Waals surface area contributed by atoms with E-state index >= 15 is 0 Å². The second kappa shape index (κ2) is 7.08.